The van der Waals surface area contributed by atoms with Crippen LogP contribution in [0.2, 0.25) is 0 Å². The summed E-state index contributed by atoms with van der Waals surface area (Å²) >= 11 is 3.06. The molecule has 0 heterocycles. The topological polar surface area (TPSA) is 26.3 Å². The number of halogens is 3. The molecule has 0 aliphatic carbocycles. The third-order valence-electron chi connectivity index (χ3n) is 2.33. The predicted molar refractivity (Wildman–Crippen MR) is 64.5 cm³/mol. The van der Waals surface area contributed by atoms with Crippen LogP contribution in [0.15, 0.2) is 22.7 Å². The van der Waals surface area contributed by atoms with Gasteiger partial charge in [0.05, 0.1) is 0 Å². The molecule has 0 atom stereocenters. The summed E-state index contributed by atoms with van der Waals surface area (Å²) in [6, 6.07) is 4.09. The van der Waals surface area contributed by atoms with E-state index in [4.69, 9.17) is 0 Å². The molecule has 0 fully saturated rings. The Labute approximate surface area is 107 Å². The van der Waals surface area contributed by atoms with E-state index in [1.807, 2.05) is 0 Å². The number of carbonyl (C=O) groups excluding carboxylic acids is 1. The Balaban J connectivity index is 3.09. The molecule has 1 aromatic rings. The first kappa shape index (κ1) is 14.3. The number of methoxy groups -OCH3 is 1. The first-order valence-electron chi connectivity index (χ1n) is 5.12. The van der Waals surface area contributed by atoms with Gasteiger partial charge in [-0.25, -0.2) is 0 Å². The molecule has 0 spiro atoms. The fourth-order valence-electron chi connectivity index (χ4n) is 1.45. The summed E-state index contributed by atoms with van der Waals surface area (Å²) in [7, 11) is 1.22. The van der Waals surface area contributed by atoms with Crippen molar-refractivity contribution in [3.63, 3.8) is 0 Å². The van der Waals surface area contributed by atoms with Crippen LogP contribution >= 0.6 is 15.9 Å². The van der Waals surface area contributed by atoms with Gasteiger partial charge >= 0.3 is 0 Å². The van der Waals surface area contributed by atoms with E-state index >= 15 is 0 Å². The van der Waals surface area contributed by atoms with Crippen LogP contribution in [0.1, 0.15) is 29.3 Å². The maximum absolute atomic E-state index is 13.6. The summed E-state index contributed by atoms with van der Waals surface area (Å²) in [6.45, 7) is 1.04. The van der Waals surface area contributed by atoms with Gasteiger partial charge in [-0.2, -0.15) is 8.78 Å². The predicted octanol–water partition coefficient (Wildman–Crippen LogP) is 3.78. The molecule has 0 saturated heterocycles. The normalized spacial score (nSPS) is 11.6. The average molecular weight is 307 g/mol. The highest BCUT2D eigenvalue weighted by Crippen LogP contribution is 2.34. The van der Waals surface area contributed by atoms with E-state index in [0.717, 1.165) is 0 Å². The molecule has 1 rings (SSSR count). The van der Waals surface area contributed by atoms with Crippen molar-refractivity contribution < 1.29 is 18.3 Å². The Morgan fingerprint density at radius 3 is 2.59 bits per heavy atom. The van der Waals surface area contributed by atoms with Crippen LogP contribution in [0.4, 0.5) is 8.78 Å². The summed E-state index contributed by atoms with van der Waals surface area (Å²) in [6.07, 6.45) is 0.347. The van der Waals surface area contributed by atoms with Crippen molar-refractivity contribution in [2.24, 2.45) is 0 Å². The maximum Gasteiger partial charge on any atom is 0.297 e. The molecule has 0 unspecified atom stereocenters. The molecule has 0 aromatic heterocycles. The largest absolute Gasteiger partial charge is 0.378 e. The lowest BCUT2D eigenvalue weighted by atomic mass is 10.0. The van der Waals surface area contributed by atoms with E-state index in [9.17, 15) is 13.6 Å². The van der Waals surface area contributed by atoms with Crippen molar-refractivity contribution in [3.8, 4) is 0 Å². The van der Waals surface area contributed by atoms with Crippen LogP contribution in [0.3, 0.4) is 0 Å². The second-order valence-corrected chi connectivity index (χ2v) is 4.46. The number of hydrogen-bond acceptors (Lipinski definition) is 2. The second-order valence-electron chi connectivity index (χ2n) is 3.61. The molecule has 17 heavy (non-hydrogen) atoms. The van der Waals surface area contributed by atoms with Crippen LogP contribution < -0.4 is 0 Å². The van der Waals surface area contributed by atoms with E-state index in [1.54, 1.807) is 6.92 Å². The van der Waals surface area contributed by atoms with E-state index in [2.05, 4.69) is 20.7 Å². The number of ether oxygens (including phenoxy) is 1. The average Bonchev–Trinajstić information content (AvgIpc) is 2.27. The number of benzene rings is 1. The number of hydrogen-bond donors (Lipinski definition) is 0. The minimum Gasteiger partial charge on any atom is -0.378 e. The number of Topliss-reactive ketones (excluding diaryl/α,β-unsaturated/α-hetero) is 1. The highest BCUT2D eigenvalue weighted by molar-refractivity contribution is 9.10. The minimum atomic E-state index is -3.07. The van der Waals surface area contributed by atoms with Crippen LogP contribution in [0.25, 0.3) is 0 Å². The molecule has 0 amide bonds. The molecule has 0 saturated carbocycles. The number of rotatable bonds is 5. The van der Waals surface area contributed by atoms with E-state index in [1.165, 1.54) is 25.3 Å². The lowest BCUT2D eigenvalue weighted by Gasteiger charge is -2.17. The number of carbonyl (C=O) groups is 1. The van der Waals surface area contributed by atoms with Gasteiger partial charge in [-0.1, -0.05) is 35.0 Å². The Bertz CT molecular complexity index is 419. The summed E-state index contributed by atoms with van der Waals surface area (Å²) in [5, 5.41) is 0. The van der Waals surface area contributed by atoms with Gasteiger partial charge < -0.3 is 4.74 Å². The van der Waals surface area contributed by atoms with Crippen molar-refractivity contribution in [2.75, 3.05) is 13.7 Å². The maximum atomic E-state index is 13.6. The molecular formula is C12H13BrF2O2. The Morgan fingerprint density at radius 1 is 1.47 bits per heavy atom. The molecular weight excluding hydrogens is 294 g/mol. The summed E-state index contributed by atoms with van der Waals surface area (Å²) in [5.41, 5.74) is 0.253. The van der Waals surface area contributed by atoms with Gasteiger partial charge in [-0.15, -0.1) is 0 Å². The van der Waals surface area contributed by atoms with Crippen LogP contribution in [0.5, 0.6) is 0 Å². The molecule has 0 aliphatic rings. The zero-order chi connectivity index (χ0) is 13.1. The first-order valence-corrected chi connectivity index (χ1v) is 5.91. The molecule has 0 bridgehead atoms. The van der Waals surface area contributed by atoms with Crippen molar-refractivity contribution in [2.45, 2.75) is 19.3 Å². The molecule has 0 radical (unpaired) electrons. The van der Waals surface area contributed by atoms with Gasteiger partial charge in [0, 0.05) is 29.1 Å². The highest BCUT2D eigenvalue weighted by Gasteiger charge is 2.33. The summed E-state index contributed by atoms with van der Waals surface area (Å²) in [4.78, 5) is 11.4. The molecule has 0 N–H and O–H groups in total. The fraction of sp³-hybridized carbons (Fsp3) is 0.417. The molecule has 2 nitrogen and oxygen atoms in total. The van der Waals surface area contributed by atoms with E-state index < -0.39 is 12.5 Å². The Hall–Kier alpha value is -0.810. The van der Waals surface area contributed by atoms with Gasteiger partial charge in [-0.05, 0) is 6.07 Å². The lowest BCUT2D eigenvalue weighted by Crippen LogP contribution is -2.21. The van der Waals surface area contributed by atoms with Gasteiger partial charge in [-0.3, -0.25) is 4.79 Å². The Kier molecular flexibility index (Phi) is 4.77. The molecule has 5 heteroatoms. The second kappa shape index (κ2) is 5.69. The smallest absolute Gasteiger partial charge is 0.297 e. The van der Waals surface area contributed by atoms with E-state index in [0.29, 0.717) is 12.0 Å². The third kappa shape index (κ3) is 3.33. The highest BCUT2D eigenvalue weighted by atomic mass is 79.9. The van der Waals surface area contributed by atoms with Crippen LogP contribution in [-0.2, 0) is 10.7 Å². The van der Waals surface area contributed by atoms with Gasteiger partial charge in [0.1, 0.15) is 6.61 Å². The van der Waals surface area contributed by atoms with Crippen molar-refractivity contribution >= 4 is 21.7 Å². The quantitative estimate of drug-likeness (QED) is 0.774. The van der Waals surface area contributed by atoms with Crippen LogP contribution in [0, 0.1) is 0 Å². The molecule has 0 aliphatic heterocycles. The van der Waals surface area contributed by atoms with Crippen molar-refractivity contribution in [3.05, 3.63) is 33.8 Å². The Morgan fingerprint density at radius 2 is 2.12 bits per heavy atom. The van der Waals surface area contributed by atoms with E-state index in [-0.39, 0.29) is 15.8 Å². The standard InChI is InChI=1S/C12H13BrF2O2/c1-3-11(16)8-4-5-9(10(13)6-8)12(14,15)7-17-2/h4-6H,3,7H2,1-2H3. The summed E-state index contributed by atoms with van der Waals surface area (Å²) in [5.74, 6) is -3.14. The lowest BCUT2D eigenvalue weighted by molar-refractivity contribution is -0.0703. The first-order chi connectivity index (χ1) is 7.92. The third-order valence-corrected chi connectivity index (χ3v) is 2.99. The number of ketones is 1. The molecule has 94 valence electrons. The van der Waals surface area contributed by atoms with Gasteiger partial charge in [0.25, 0.3) is 5.92 Å². The van der Waals surface area contributed by atoms with Crippen LogP contribution in [-0.4, -0.2) is 19.5 Å². The van der Waals surface area contributed by atoms with Gasteiger partial charge in [0.2, 0.25) is 0 Å². The van der Waals surface area contributed by atoms with Crippen molar-refractivity contribution in [1.29, 1.82) is 0 Å². The monoisotopic (exact) mass is 306 g/mol. The minimum absolute atomic E-state index is 0.0766. The zero-order valence-electron chi connectivity index (χ0n) is 9.60. The molecule has 1 aromatic carbocycles. The zero-order valence-corrected chi connectivity index (χ0v) is 11.2. The fourth-order valence-corrected chi connectivity index (χ4v) is 2.12. The van der Waals surface area contributed by atoms with Crippen molar-refractivity contribution in [1.82, 2.24) is 0 Å². The van der Waals surface area contributed by atoms with Gasteiger partial charge in [0.15, 0.2) is 5.78 Å². The SMILES string of the molecule is CCC(=O)c1ccc(C(F)(F)COC)c(Br)c1. The number of alkyl halides is 2. The summed E-state index contributed by atoms with van der Waals surface area (Å²) < 4.78 is 31.9.